The lowest BCUT2D eigenvalue weighted by atomic mass is 9.84. The molecule has 94 valence electrons. The minimum absolute atomic E-state index is 0.537. The standard InChI is InChI=1S/C13H21N3O/c1-15-8-5-14-12(15)10-13(17)4-7-16-6-2-3-11(16)9-13/h5,8,11,17H,2-4,6-7,9-10H2,1H3. The predicted molar refractivity (Wildman–Crippen MR) is 65.7 cm³/mol. The monoisotopic (exact) mass is 235 g/mol. The summed E-state index contributed by atoms with van der Waals surface area (Å²) in [5.41, 5.74) is -0.537. The molecule has 0 amide bonds. The topological polar surface area (TPSA) is 41.3 Å². The lowest BCUT2D eigenvalue weighted by Crippen LogP contribution is -2.49. The molecule has 1 N–H and O–H groups in total. The highest BCUT2D eigenvalue weighted by Gasteiger charge is 2.40. The van der Waals surface area contributed by atoms with E-state index in [1.165, 1.54) is 19.4 Å². The molecule has 3 rings (SSSR count). The Hall–Kier alpha value is -0.870. The van der Waals surface area contributed by atoms with Crippen molar-refractivity contribution in [2.75, 3.05) is 13.1 Å². The average Bonchev–Trinajstić information content (AvgIpc) is 2.88. The van der Waals surface area contributed by atoms with Crippen molar-refractivity contribution in [2.45, 2.75) is 43.7 Å². The first-order chi connectivity index (χ1) is 8.16. The van der Waals surface area contributed by atoms with Crippen LogP contribution in [0.4, 0.5) is 0 Å². The van der Waals surface area contributed by atoms with Gasteiger partial charge < -0.3 is 14.6 Å². The van der Waals surface area contributed by atoms with Crippen LogP contribution in [0.2, 0.25) is 0 Å². The lowest BCUT2D eigenvalue weighted by molar-refractivity contribution is -0.0370. The number of hydrogen-bond donors (Lipinski definition) is 1. The van der Waals surface area contributed by atoms with Crippen molar-refractivity contribution >= 4 is 0 Å². The Morgan fingerprint density at radius 3 is 3.18 bits per heavy atom. The largest absolute Gasteiger partial charge is 0.389 e. The molecule has 2 aliphatic heterocycles. The smallest absolute Gasteiger partial charge is 0.111 e. The molecule has 0 spiro atoms. The summed E-state index contributed by atoms with van der Waals surface area (Å²) < 4.78 is 2.01. The van der Waals surface area contributed by atoms with E-state index in [2.05, 4.69) is 9.88 Å². The second-order valence-corrected chi connectivity index (χ2v) is 5.64. The Morgan fingerprint density at radius 1 is 1.53 bits per heavy atom. The SMILES string of the molecule is Cn1ccnc1CC1(O)CCN2CCCC2C1. The third-order valence-corrected chi connectivity index (χ3v) is 4.39. The van der Waals surface area contributed by atoms with Crippen molar-refractivity contribution in [3.8, 4) is 0 Å². The Kier molecular flexibility index (Phi) is 2.71. The molecule has 0 aromatic carbocycles. The number of nitrogens with zero attached hydrogens (tertiary/aromatic N) is 3. The Bertz CT molecular complexity index is 403. The minimum atomic E-state index is -0.537. The fraction of sp³-hybridized carbons (Fsp3) is 0.769. The van der Waals surface area contributed by atoms with Crippen LogP contribution in [0.15, 0.2) is 12.4 Å². The molecule has 0 saturated carbocycles. The number of piperidine rings is 1. The molecule has 4 heteroatoms. The van der Waals surface area contributed by atoms with Gasteiger partial charge in [0.25, 0.3) is 0 Å². The van der Waals surface area contributed by atoms with E-state index < -0.39 is 5.60 Å². The zero-order chi connectivity index (χ0) is 11.9. The summed E-state index contributed by atoms with van der Waals surface area (Å²) >= 11 is 0. The number of fused-ring (bicyclic) bond motifs is 1. The van der Waals surface area contributed by atoms with Gasteiger partial charge in [0, 0.05) is 38.4 Å². The molecule has 1 aromatic rings. The van der Waals surface area contributed by atoms with Crippen molar-refractivity contribution in [1.29, 1.82) is 0 Å². The number of rotatable bonds is 2. The van der Waals surface area contributed by atoms with Gasteiger partial charge in [-0.2, -0.15) is 0 Å². The van der Waals surface area contributed by atoms with Crippen LogP contribution in [-0.2, 0) is 13.5 Å². The van der Waals surface area contributed by atoms with E-state index in [0.717, 1.165) is 25.2 Å². The Morgan fingerprint density at radius 2 is 2.41 bits per heavy atom. The van der Waals surface area contributed by atoms with Crippen molar-refractivity contribution in [1.82, 2.24) is 14.5 Å². The quantitative estimate of drug-likeness (QED) is 0.830. The second-order valence-electron chi connectivity index (χ2n) is 5.64. The summed E-state index contributed by atoms with van der Waals surface area (Å²) in [7, 11) is 2.00. The maximum atomic E-state index is 10.7. The summed E-state index contributed by atoms with van der Waals surface area (Å²) in [6.07, 6.45) is 8.80. The molecule has 2 aliphatic rings. The van der Waals surface area contributed by atoms with Gasteiger partial charge in [-0.3, -0.25) is 0 Å². The van der Waals surface area contributed by atoms with Crippen LogP contribution in [-0.4, -0.2) is 44.3 Å². The molecule has 2 saturated heterocycles. The molecular weight excluding hydrogens is 214 g/mol. The van der Waals surface area contributed by atoms with E-state index in [4.69, 9.17) is 0 Å². The van der Waals surface area contributed by atoms with Gasteiger partial charge in [-0.25, -0.2) is 4.98 Å². The van der Waals surface area contributed by atoms with Gasteiger partial charge in [-0.1, -0.05) is 0 Å². The molecule has 2 fully saturated rings. The fourth-order valence-corrected chi connectivity index (χ4v) is 3.33. The Labute approximate surface area is 102 Å². The number of aliphatic hydroxyl groups is 1. The summed E-state index contributed by atoms with van der Waals surface area (Å²) in [5, 5.41) is 10.7. The molecule has 3 heterocycles. The van der Waals surface area contributed by atoms with Crippen LogP contribution in [0.25, 0.3) is 0 Å². The van der Waals surface area contributed by atoms with Gasteiger partial charge >= 0.3 is 0 Å². The highest BCUT2D eigenvalue weighted by Crippen LogP contribution is 2.34. The summed E-state index contributed by atoms with van der Waals surface area (Å²) in [6, 6.07) is 0.606. The van der Waals surface area contributed by atoms with Gasteiger partial charge in [-0.15, -0.1) is 0 Å². The Balaban J connectivity index is 1.72. The first kappa shape index (κ1) is 11.2. The molecule has 0 radical (unpaired) electrons. The zero-order valence-electron chi connectivity index (χ0n) is 10.5. The zero-order valence-corrected chi connectivity index (χ0v) is 10.5. The lowest BCUT2D eigenvalue weighted by Gasteiger charge is -2.40. The van der Waals surface area contributed by atoms with Crippen LogP contribution in [0, 0.1) is 0 Å². The highest BCUT2D eigenvalue weighted by atomic mass is 16.3. The van der Waals surface area contributed by atoms with Gasteiger partial charge in [0.1, 0.15) is 5.82 Å². The molecule has 1 aromatic heterocycles. The van der Waals surface area contributed by atoms with Crippen molar-refractivity contribution < 1.29 is 5.11 Å². The minimum Gasteiger partial charge on any atom is -0.389 e. The van der Waals surface area contributed by atoms with Crippen molar-refractivity contribution in [2.24, 2.45) is 7.05 Å². The average molecular weight is 235 g/mol. The van der Waals surface area contributed by atoms with Crippen molar-refractivity contribution in [3.05, 3.63) is 18.2 Å². The number of aromatic nitrogens is 2. The van der Waals surface area contributed by atoms with Crippen molar-refractivity contribution in [3.63, 3.8) is 0 Å². The molecule has 0 bridgehead atoms. The molecule has 17 heavy (non-hydrogen) atoms. The summed E-state index contributed by atoms with van der Waals surface area (Å²) in [4.78, 5) is 6.86. The van der Waals surface area contributed by atoms with E-state index in [1.807, 2.05) is 24.0 Å². The maximum Gasteiger partial charge on any atom is 0.111 e. The molecule has 4 nitrogen and oxygen atoms in total. The van der Waals surface area contributed by atoms with E-state index in [-0.39, 0.29) is 0 Å². The normalized spacial score (nSPS) is 33.9. The maximum absolute atomic E-state index is 10.7. The van der Waals surface area contributed by atoms with Crippen LogP contribution in [0.3, 0.4) is 0 Å². The molecule has 2 unspecified atom stereocenters. The van der Waals surface area contributed by atoms with Crippen LogP contribution in [0.5, 0.6) is 0 Å². The van der Waals surface area contributed by atoms with Gasteiger partial charge in [0.15, 0.2) is 0 Å². The second kappa shape index (κ2) is 4.10. The molecular formula is C13H21N3O. The third kappa shape index (κ3) is 2.11. The summed E-state index contributed by atoms with van der Waals surface area (Å²) in [6.45, 7) is 2.27. The highest BCUT2D eigenvalue weighted by molar-refractivity contribution is 5.02. The van der Waals surface area contributed by atoms with Crippen LogP contribution in [0.1, 0.15) is 31.5 Å². The van der Waals surface area contributed by atoms with E-state index in [0.29, 0.717) is 12.5 Å². The van der Waals surface area contributed by atoms with Crippen LogP contribution < -0.4 is 0 Å². The van der Waals surface area contributed by atoms with Gasteiger partial charge in [0.05, 0.1) is 5.60 Å². The summed E-state index contributed by atoms with van der Waals surface area (Å²) in [5.74, 6) is 0.999. The van der Waals surface area contributed by atoms with Gasteiger partial charge in [-0.05, 0) is 32.2 Å². The molecule has 0 aliphatic carbocycles. The van der Waals surface area contributed by atoms with Crippen LogP contribution >= 0.6 is 0 Å². The first-order valence-electron chi connectivity index (χ1n) is 6.59. The first-order valence-corrected chi connectivity index (χ1v) is 6.59. The van der Waals surface area contributed by atoms with Gasteiger partial charge in [0.2, 0.25) is 0 Å². The predicted octanol–water partition coefficient (Wildman–Crippen LogP) is 0.952. The third-order valence-electron chi connectivity index (χ3n) is 4.39. The number of hydrogen-bond acceptors (Lipinski definition) is 3. The number of imidazole rings is 1. The van der Waals surface area contributed by atoms with E-state index >= 15 is 0 Å². The van der Waals surface area contributed by atoms with E-state index in [9.17, 15) is 5.11 Å². The fourth-order valence-electron chi connectivity index (χ4n) is 3.33. The van der Waals surface area contributed by atoms with E-state index in [1.54, 1.807) is 0 Å². The number of aryl methyl sites for hydroxylation is 1. The molecule has 2 atom stereocenters.